The number of benzene rings is 2. The first-order chi connectivity index (χ1) is 9.69. The topological polar surface area (TPSA) is 21.3 Å². The Bertz CT molecular complexity index is 584. The van der Waals surface area contributed by atoms with Gasteiger partial charge in [-0.3, -0.25) is 0 Å². The van der Waals surface area contributed by atoms with E-state index in [4.69, 9.17) is 16.3 Å². The van der Waals surface area contributed by atoms with Crippen LogP contribution in [-0.4, -0.2) is 6.61 Å². The lowest BCUT2D eigenvalue weighted by Crippen LogP contribution is -2.00. The monoisotopic (exact) mass is 351 g/mol. The number of anilines is 1. The number of nitrogens with one attached hydrogen (secondary N) is 1. The molecule has 0 aromatic heterocycles. The molecule has 0 aliphatic rings. The predicted molar refractivity (Wildman–Crippen MR) is 88.6 cm³/mol. The largest absolute Gasteiger partial charge is 0.490 e. The summed E-state index contributed by atoms with van der Waals surface area (Å²) in [6, 6.07) is 13.7. The fourth-order valence-corrected chi connectivity index (χ4v) is 2.23. The van der Waals surface area contributed by atoms with Crippen molar-refractivity contribution in [3.05, 3.63) is 70.2 Å². The second kappa shape index (κ2) is 7.36. The summed E-state index contributed by atoms with van der Waals surface area (Å²) in [4.78, 5) is 0. The molecule has 0 spiro atoms. The predicted octanol–water partition coefficient (Wildman–Crippen LogP) is 5.28. The molecule has 4 heteroatoms. The summed E-state index contributed by atoms with van der Waals surface area (Å²) in [5.41, 5.74) is 2.07. The first-order valence-electron chi connectivity index (χ1n) is 6.20. The van der Waals surface area contributed by atoms with Gasteiger partial charge in [-0.1, -0.05) is 52.3 Å². The molecule has 20 heavy (non-hydrogen) atoms. The maximum Gasteiger partial charge on any atom is 0.119 e. The summed E-state index contributed by atoms with van der Waals surface area (Å²) in [6.07, 6.45) is 1.73. The maximum atomic E-state index is 6.13. The minimum absolute atomic E-state index is 0.519. The number of hydrogen-bond donors (Lipinski definition) is 1. The van der Waals surface area contributed by atoms with Gasteiger partial charge in [0.1, 0.15) is 12.4 Å². The molecule has 0 radical (unpaired) electrons. The lowest BCUT2D eigenvalue weighted by Gasteiger charge is -2.10. The van der Waals surface area contributed by atoms with Crippen LogP contribution in [0.1, 0.15) is 5.56 Å². The minimum Gasteiger partial charge on any atom is -0.490 e. The highest BCUT2D eigenvalue weighted by atomic mass is 79.9. The van der Waals surface area contributed by atoms with Crippen molar-refractivity contribution in [1.29, 1.82) is 0 Å². The van der Waals surface area contributed by atoms with E-state index in [0.717, 1.165) is 21.5 Å². The molecule has 0 unspecified atom stereocenters. The van der Waals surface area contributed by atoms with E-state index in [1.54, 1.807) is 6.08 Å². The Morgan fingerprint density at radius 3 is 2.65 bits per heavy atom. The van der Waals surface area contributed by atoms with Gasteiger partial charge in [-0.25, -0.2) is 0 Å². The summed E-state index contributed by atoms with van der Waals surface area (Å²) >= 11 is 9.57. The van der Waals surface area contributed by atoms with E-state index >= 15 is 0 Å². The summed E-state index contributed by atoms with van der Waals surface area (Å²) < 4.78 is 6.44. The van der Waals surface area contributed by atoms with Gasteiger partial charge in [0, 0.05) is 11.0 Å². The van der Waals surface area contributed by atoms with Gasteiger partial charge in [0.25, 0.3) is 0 Å². The molecule has 0 saturated carbocycles. The molecule has 0 amide bonds. The molecule has 1 N–H and O–H groups in total. The molecule has 0 heterocycles. The van der Waals surface area contributed by atoms with Crippen LogP contribution in [0.25, 0.3) is 0 Å². The van der Waals surface area contributed by atoms with Gasteiger partial charge in [-0.15, -0.1) is 0 Å². The number of hydrogen-bond acceptors (Lipinski definition) is 2. The quantitative estimate of drug-likeness (QED) is 0.714. The zero-order valence-corrected chi connectivity index (χ0v) is 13.2. The summed E-state index contributed by atoms with van der Waals surface area (Å²) in [7, 11) is 0. The fourth-order valence-electron chi connectivity index (χ4n) is 1.69. The Morgan fingerprint density at radius 2 is 1.95 bits per heavy atom. The molecular formula is C16H15BrClNO. The Morgan fingerprint density at radius 1 is 1.20 bits per heavy atom. The molecule has 0 atom stereocenters. The van der Waals surface area contributed by atoms with E-state index in [-0.39, 0.29) is 0 Å². The number of halogens is 2. The number of ether oxygens (including phenoxy) is 1. The van der Waals surface area contributed by atoms with E-state index in [1.807, 2.05) is 42.5 Å². The highest BCUT2D eigenvalue weighted by Crippen LogP contribution is 2.26. The van der Waals surface area contributed by atoms with Crippen LogP contribution in [0.3, 0.4) is 0 Å². The van der Waals surface area contributed by atoms with Gasteiger partial charge in [-0.05, 0) is 35.9 Å². The highest BCUT2D eigenvalue weighted by Gasteiger charge is 2.01. The van der Waals surface area contributed by atoms with Gasteiger partial charge < -0.3 is 10.1 Å². The van der Waals surface area contributed by atoms with Crippen molar-refractivity contribution in [2.24, 2.45) is 0 Å². The van der Waals surface area contributed by atoms with Crippen LogP contribution in [0.15, 0.2) is 59.6 Å². The van der Waals surface area contributed by atoms with Gasteiger partial charge in [0.05, 0.1) is 10.7 Å². The van der Waals surface area contributed by atoms with E-state index in [9.17, 15) is 0 Å². The number of rotatable bonds is 6. The van der Waals surface area contributed by atoms with Crippen molar-refractivity contribution in [2.75, 3.05) is 11.9 Å². The van der Waals surface area contributed by atoms with E-state index in [2.05, 4.69) is 27.8 Å². The van der Waals surface area contributed by atoms with Crippen LogP contribution in [0.4, 0.5) is 5.69 Å². The average molecular weight is 353 g/mol. The first-order valence-corrected chi connectivity index (χ1v) is 7.37. The van der Waals surface area contributed by atoms with Crippen LogP contribution in [0, 0.1) is 0 Å². The van der Waals surface area contributed by atoms with Crippen LogP contribution >= 0.6 is 27.5 Å². The molecule has 2 rings (SSSR count). The third kappa shape index (κ3) is 4.29. The normalized spacial score (nSPS) is 10.1. The molecule has 0 aliphatic carbocycles. The molecule has 0 fully saturated rings. The Balaban J connectivity index is 1.96. The maximum absolute atomic E-state index is 6.13. The Kier molecular flexibility index (Phi) is 5.50. The molecule has 2 nitrogen and oxygen atoms in total. The average Bonchev–Trinajstić information content (AvgIpc) is 2.47. The van der Waals surface area contributed by atoms with Crippen molar-refractivity contribution >= 4 is 33.2 Å². The third-order valence-corrected chi connectivity index (χ3v) is 3.53. The smallest absolute Gasteiger partial charge is 0.119 e. The van der Waals surface area contributed by atoms with Crippen molar-refractivity contribution < 1.29 is 4.74 Å². The molecule has 0 bridgehead atoms. The summed E-state index contributed by atoms with van der Waals surface area (Å²) in [6.45, 7) is 4.85. The molecule has 0 saturated heterocycles. The molecule has 2 aromatic carbocycles. The van der Waals surface area contributed by atoms with Crippen LogP contribution in [-0.2, 0) is 6.54 Å². The lowest BCUT2D eigenvalue weighted by atomic mass is 10.2. The Hall–Kier alpha value is -1.45. The fraction of sp³-hybridized carbons (Fsp3) is 0.125. The van der Waals surface area contributed by atoms with E-state index < -0.39 is 0 Å². The molecular weight excluding hydrogens is 338 g/mol. The van der Waals surface area contributed by atoms with Crippen molar-refractivity contribution in [3.63, 3.8) is 0 Å². The molecule has 104 valence electrons. The molecule has 0 aliphatic heterocycles. The van der Waals surface area contributed by atoms with E-state index in [0.29, 0.717) is 18.2 Å². The zero-order chi connectivity index (χ0) is 14.4. The van der Waals surface area contributed by atoms with Gasteiger partial charge >= 0.3 is 0 Å². The van der Waals surface area contributed by atoms with Crippen molar-refractivity contribution in [1.82, 2.24) is 0 Å². The standard InChI is InChI=1S/C16H15BrClNO/c1-2-9-20-14-6-3-12(4-7-14)11-19-16-10-13(17)5-8-15(16)18/h2-8,10,19H,1,9,11H2. The SMILES string of the molecule is C=CCOc1ccc(CNc2cc(Br)ccc2Cl)cc1. The third-order valence-electron chi connectivity index (χ3n) is 2.70. The highest BCUT2D eigenvalue weighted by molar-refractivity contribution is 9.10. The lowest BCUT2D eigenvalue weighted by molar-refractivity contribution is 0.363. The van der Waals surface area contributed by atoms with Crippen LogP contribution < -0.4 is 10.1 Å². The van der Waals surface area contributed by atoms with Crippen LogP contribution in [0.2, 0.25) is 5.02 Å². The van der Waals surface area contributed by atoms with Crippen molar-refractivity contribution in [3.8, 4) is 5.75 Å². The zero-order valence-electron chi connectivity index (χ0n) is 10.9. The van der Waals surface area contributed by atoms with Crippen molar-refractivity contribution in [2.45, 2.75) is 6.54 Å². The van der Waals surface area contributed by atoms with Gasteiger partial charge in [-0.2, -0.15) is 0 Å². The summed E-state index contributed by atoms with van der Waals surface area (Å²) in [5, 5.41) is 4.02. The second-order valence-electron chi connectivity index (χ2n) is 4.22. The van der Waals surface area contributed by atoms with Crippen LogP contribution in [0.5, 0.6) is 5.75 Å². The second-order valence-corrected chi connectivity index (χ2v) is 5.54. The minimum atomic E-state index is 0.519. The van der Waals surface area contributed by atoms with Gasteiger partial charge in [0.15, 0.2) is 0 Å². The molecule has 2 aromatic rings. The Labute approximate surface area is 132 Å². The summed E-state index contributed by atoms with van der Waals surface area (Å²) in [5.74, 6) is 0.842. The van der Waals surface area contributed by atoms with E-state index in [1.165, 1.54) is 0 Å². The van der Waals surface area contributed by atoms with Gasteiger partial charge in [0.2, 0.25) is 0 Å². The first kappa shape index (κ1) is 14.9.